The fourth-order valence-electron chi connectivity index (χ4n) is 5.25. The summed E-state index contributed by atoms with van der Waals surface area (Å²) in [7, 11) is 1.78. The van der Waals surface area contributed by atoms with Gasteiger partial charge in [-0.3, -0.25) is 14.3 Å². The Morgan fingerprint density at radius 1 is 0.950 bits per heavy atom. The maximum atomic E-state index is 13.3. The number of amides is 3. The molecule has 1 unspecified atom stereocenters. The standard InChI is InChI=1S/C31H32BrN5O3/c1-21-28(30(39)37(35(21)2)26-14-4-3-5-15-26)34-29(38)23-11-9-13-25(20-23)33-31(40)36-17-7-6-16-27(36)19-22-10-8-12-24(32)18-22/h3-5,8-15,18,20,27H,6-7,16-17,19H2,1-2H3,(H,33,40)(H,34,38). The van der Waals surface area contributed by atoms with Crippen LogP contribution in [-0.2, 0) is 13.5 Å². The van der Waals surface area contributed by atoms with Crippen molar-refractivity contribution >= 4 is 39.2 Å². The van der Waals surface area contributed by atoms with E-state index in [1.54, 1.807) is 42.9 Å². The molecule has 40 heavy (non-hydrogen) atoms. The number of urea groups is 1. The summed E-state index contributed by atoms with van der Waals surface area (Å²) in [5, 5.41) is 5.77. The molecule has 8 nitrogen and oxygen atoms in total. The van der Waals surface area contributed by atoms with Gasteiger partial charge in [0.1, 0.15) is 5.69 Å². The number of anilines is 2. The van der Waals surface area contributed by atoms with Crippen molar-refractivity contribution in [3.8, 4) is 5.69 Å². The summed E-state index contributed by atoms with van der Waals surface area (Å²) in [6.07, 6.45) is 3.77. The summed E-state index contributed by atoms with van der Waals surface area (Å²) in [4.78, 5) is 41.6. The largest absolute Gasteiger partial charge is 0.322 e. The highest BCUT2D eigenvalue weighted by molar-refractivity contribution is 9.10. The number of likely N-dealkylation sites (tertiary alicyclic amines) is 1. The monoisotopic (exact) mass is 601 g/mol. The highest BCUT2D eigenvalue weighted by Gasteiger charge is 2.27. The average Bonchev–Trinajstić information content (AvgIpc) is 3.16. The molecule has 0 saturated carbocycles. The lowest BCUT2D eigenvalue weighted by atomic mass is 9.96. The molecule has 0 spiro atoms. The first-order valence-electron chi connectivity index (χ1n) is 13.4. The third kappa shape index (κ3) is 5.89. The molecule has 206 valence electrons. The van der Waals surface area contributed by atoms with Gasteiger partial charge in [-0.1, -0.05) is 52.3 Å². The van der Waals surface area contributed by atoms with Crippen molar-refractivity contribution in [2.45, 2.75) is 38.6 Å². The molecular weight excluding hydrogens is 570 g/mol. The van der Waals surface area contributed by atoms with Crippen LogP contribution < -0.4 is 16.2 Å². The Morgan fingerprint density at radius 2 is 1.73 bits per heavy atom. The van der Waals surface area contributed by atoms with Crippen LogP contribution >= 0.6 is 15.9 Å². The van der Waals surface area contributed by atoms with Crippen LogP contribution in [0.5, 0.6) is 0 Å². The van der Waals surface area contributed by atoms with Crippen molar-refractivity contribution in [3.63, 3.8) is 0 Å². The maximum Gasteiger partial charge on any atom is 0.322 e. The lowest BCUT2D eigenvalue weighted by molar-refractivity contribution is 0.102. The summed E-state index contributed by atoms with van der Waals surface area (Å²) in [6.45, 7) is 2.47. The second kappa shape index (κ2) is 12.0. The second-order valence-corrected chi connectivity index (χ2v) is 11.0. The van der Waals surface area contributed by atoms with E-state index < -0.39 is 5.91 Å². The lowest BCUT2D eigenvalue weighted by Crippen LogP contribution is -2.46. The van der Waals surface area contributed by atoms with Gasteiger partial charge in [0, 0.05) is 35.4 Å². The van der Waals surface area contributed by atoms with Crippen LogP contribution in [0.3, 0.4) is 0 Å². The van der Waals surface area contributed by atoms with Crippen LogP contribution in [0.25, 0.3) is 5.69 Å². The minimum Gasteiger partial charge on any atom is -0.321 e. The van der Waals surface area contributed by atoms with Crippen LogP contribution in [0, 0.1) is 6.92 Å². The number of hydrogen-bond acceptors (Lipinski definition) is 3. The van der Waals surface area contributed by atoms with Gasteiger partial charge in [-0.05, 0) is 80.6 Å². The van der Waals surface area contributed by atoms with Gasteiger partial charge in [-0.15, -0.1) is 0 Å². The SMILES string of the molecule is Cc1c(NC(=O)c2cccc(NC(=O)N3CCCCC3Cc3cccc(Br)c3)c2)c(=O)n(-c2ccccc2)n1C. The first-order valence-corrected chi connectivity index (χ1v) is 14.2. The molecule has 1 fully saturated rings. The molecule has 0 radical (unpaired) electrons. The number of carbonyl (C=O) groups excluding carboxylic acids is 2. The van der Waals surface area contributed by atoms with E-state index in [0.717, 1.165) is 30.2 Å². The number of aromatic nitrogens is 2. The van der Waals surface area contributed by atoms with Crippen LogP contribution in [0.15, 0.2) is 88.1 Å². The molecular formula is C31H32BrN5O3. The number of piperidine rings is 1. The first kappa shape index (κ1) is 27.5. The minimum absolute atomic E-state index is 0.0994. The molecule has 9 heteroatoms. The van der Waals surface area contributed by atoms with E-state index in [9.17, 15) is 14.4 Å². The zero-order chi connectivity index (χ0) is 28.2. The normalized spacial score (nSPS) is 15.1. The number of halogens is 1. The van der Waals surface area contributed by atoms with Gasteiger partial charge >= 0.3 is 6.03 Å². The fraction of sp³-hybridized carbons (Fsp3) is 0.258. The maximum absolute atomic E-state index is 13.3. The topological polar surface area (TPSA) is 88.4 Å². The van der Waals surface area contributed by atoms with Crippen molar-refractivity contribution in [2.75, 3.05) is 17.2 Å². The van der Waals surface area contributed by atoms with Crippen molar-refractivity contribution in [1.82, 2.24) is 14.3 Å². The molecule has 0 bridgehead atoms. The molecule has 5 rings (SSSR count). The molecule has 3 aromatic carbocycles. The van der Waals surface area contributed by atoms with E-state index in [2.05, 4.69) is 38.7 Å². The number of carbonyl (C=O) groups is 2. The number of hydrogen-bond donors (Lipinski definition) is 2. The van der Waals surface area contributed by atoms with E-state index in [1.807, 2.05) is 47.4 Å². The molecule has 3 amide bonds. The number of benzene rings is 3. The van der Waals surface area contributed by atoms with Gasteiger partial charge in [0.2, 0.25) is 0 Å². The molecule has 1 aliphatic heterocycles. The lowest BCUT2D eigenvalue weighted by Gasteiger charge is -2.36. The van der Waals surface area contributed by atoms with Gasteiger partial charge in [0.15, 0.2) is 0 Å². The van der Waals surface area contributed by atoms with E-state index in [0.29, 0.717) is 29.2 Å². The predicted molar refractivity (Wildman–Crippen MR) is 161 cm³/mol. The first-order chi connectivity index (χ1) is 19.3. The minimum atomic E-state index is -0.424. The summed E-state index contributed by atoms with van der Waals surface area (Å²) < 4.78 is 4.26. The van der Waals surface area contributed by atoms with E-state index >= 15 is 0 Å². The van der Waals surface area contributed by atoms with E-state index in [-0.39, 0.29) is 23.3 Å². The van der Waals surface area contributed by atoms with Gasteiger partial charge in [-0.2, -0.15) is 0 Å². The molecule has 2 N–H and O–H groups in total. The average molecular weight is 603 g/mol. The quantitative estimate of drug-likeness (QED) is 0.279. The zero-order valence-electron chi connectivity index (χ0n) is 22.6. The Balaban J connectivity index is 1.30. The summed E-state index contributed by atoms with van der Waals surface area (Å²) in [5.41, 5.74) is 3.29. The van der Waals surface area contributed by atoms with Crippen LogP contribution in [-0.4, -0.2) is 38.8 Å². The summed E-state index contributed by atoms with van der Waals surface area (Å²) in [5.74, 6) is -0.424. The summed E-state index contributed by atoms with van der Waals surface area (Å²) in [6, 6.07) is 24.2. The second-order valence-electron chi connectivity index (χ2n) is 10.1. The zero-order valence-corrected chi connectivity index (χ0v) is 24.1. The highest BCUT2D eigenvalue weighted by atomic mass is 79.9. The van der Waals surface area contributed by atoms with Gasteiger partial charge < -0.3 is 15.5 Å². The molecule has 1 atom stereocenters. The van der Waals surface area contributed by atoms with Gasteiger partial charge in [0.25, 0.3) is 11.5 Å². The molecule has 1 aromatic heterocycles. The Hall–Kier alpha value is -4.11. The number of nitrogens with one attached hydrogen (secondary N) is 2. The summed E-state index contributed by atoms with van der Waals surface area (Å²) >= 11 is 3.53. The third-order valence-corrected chi connectivity index (χ3v) is 7.91. The van der Waals surface area contributed by atoms with Crippen molar-refractivity contribution in [1.29, 1.82) is 0 Å². The Bertz CT molecular complexity index is 1590. The molecule has 1 saturated heterocycles. The van der Waals surface area contributed by atoms with Gasteiger partial charge in [-0.25, -0.2) is 9.48 Å². The van der Waals surface area contributed by atoms with E-state index in [4.69, 9.17) is 0 Å². The van der Waals surface area contributed by atoms with Crippen molar-refractivity contribution in [3.05, 3.63) is 111 Å². The number of nitrogens with zero attached hydrogens (tertiary/aromatic N) is 3. The predicted octanol–water partition coefficient (Wildman–Crippen LogP) is 6.13. The molecule has 4 aromatic rings. The third-order valence-electron chi connectivity index (χ3n) is 7.42. The van der Waals surface area contributed by atoms with Crippen LogP contribution in [0.2, 0.25) is 0 Å². The van der Waals surface area contributed by atoms with Gasteiger partial charge in [0.05, 0.1) is 11.4 Å². The number of rotatable bonds is 6. The van der Waals surface area contributed by atoms with Crippen molar-refractivity contribution in [2.24, 2.45) is 7.05 Å². The van der Waals surface area contributed by atoms with Crippen molar-refractivity contribution < 1.29 is 9.59 Å². The van der Waals surface area contributed by atoms with Crippen LogP contribution in [0.4, 0.5) is 16.2 Å². The van der Waals surface area contributed by atoms with E-state index in [1.165, 1.54) is 10.2 Å². The number of para-hydroxylation sites is 1. The smallest absolute Gasteiger partial charge is 0.321 e. The fourth-order valence-corrected chi connectivity index (χ4v) is 5.69. The highest BCUT2D eigenvalue weighted by Crippen LogP contribution is 2.24. The Labute approximate surface area is 241 Å². The molecule has 1 aliphatic rings. The van der Waals surface area contributed by atoms with Crippen LogP contribution in [0.1, 0.15) is 40.9 Å². The Kier molecular flexibility index (Phi) is 8.21. The Morgan fingerprint density at radius 3 is 2.50 bits per heavy atom. The molecule has 2 heterocycles. The molecule has 0 aliphatic carbocycles.